The van der Waals surface area contributed by atoms with E-state index in [0.717, 1.165) is 33.1 Å². The van der Waals surface area contributed by atoms with Gasteiger partial charge in [0.1, 0.15) is 4.83 Å². The SMILES string of the molecule is Nn1c(SCC(=O)N2CCc3[nH]c4ccccc4c3C2)nc2scc(-c3ccccc3)c2c1=O. The summed E-state index contributed by atoms with van der Waals surface area (Å²) in [5.74, 6) is 6.30. The van der Waals surface area contributed by atoms with Gasteiger partial charge in [-0.15, -0.1) is 11.3 Å². The van der Waals surface area contributed by atoms with Crippen molar-refractivity contribution in [2.75, 3.05) is 18.1 Å². The summed E-state index contributed by atoms with van der Waals surface area (Å²) in [6, 6.07) is 17.9. The van der Waals surface area contributed by atoms with Crippen LogP contribution in [0.15, 0.2) is 69.9 Å². The van der Waals surface area contributed by atoms with Crippen LogP contribution in [-0.2, 0) is 17.8 Å². The highest BCUT2D eigenvalue weighted by Gasteiger charge is 2.25. The normalized spacial score (nSPS) is 13.5. The Morgan fingerprint density at radius 2 is 1.94 bits per heavy atom. The van der Waals surface area contributed by atoms with Gasteiger partial charge in [0.2, 0.25) is 5.91 Å². The zero-order valence-corrected chi connectivity index (χ0v) is 19.8. The van der Waals surface area contributed by atoms with E-state index in [-0.39, 0.29) is 17.2 Å². The van der Waals surface area contributed by atoms with Gasteiger partial charge in [-0.25, -0.2) is 9.66 Å². The first-order valence-electron chi connectivity index (χ1n) is 10.9. The van der Waals surface area contributed by atoms with Crippen molar-refractivity contribution in [1.29, 1.82) is 0 Å². The van der Waals surface area contributed by atoms with E-state index in [2.05, 4.69) is 22.1 Å². The summed E-state index contributed by atoms with van der Waals surface area (Å²) >= 11 is 2.61. The van der Waals surface area contributed by atoms with E-state index in [1.165, 1.54) is 34.4 Å². The van der Waals surface area contributed by atoms with E-state index in [9.17, 15) is 9.59 Å². The maximum Gasteiger partial charge on any atom is 0.282 e. The van der Waals surface area contributed by atoms with Gasteiger partial charge in [0.05, 0.1) is 11.1 Å². The molecular weight excluding hydrogens is 466 g/mol. The molecule has 2 aromatic carbocycles. The smallest absolute Gasteiger partial charge is 0.282 e. The Labute approximate surface area is 203 Å². The van der Waals surface area contributed by atoms with Gasteiger partial charge in [-0.3, -0.25) is 9.59 Å². The number of nitrogens with two attached hydrogens (primary N) is 1. The summed E-state index contributed by atoms with van der Waals surface area (Å²) in [7, 11) is 0. The fraction of sp³-hybridized carbons (Fsp3) is 0.160. The lowest BCUT2D eigenvalue weighted by molar-refractivity contribution is -0.129. The number of nitrogens with zero attached hydrogens (tertiary/aromatic N) is 3. The molecule has 0 spiro atoms. The summed E-state index contributed by atoms with van der Waals surface area (Å²) in [6.07, 6.45) is 0.795. The molecule has 3 aromatic heterocycles. The fourth-order valence-corrected chi connectivity index (χ4v) is 6.32. The molecule has 7 nitrogen and oxygen atoms in total. The lowest BCUT2D eigenvalue weighted by Gasteiger charge is -2.27. The lowest BCUT2D eigenvalue weighted by atomic mass is 10.0. The van der Waals surface area contributed by atoms with Gasteiger partial charge in [-0.2, -0.15) is 0 Å². The van der Waals surface area contributed by atoms with Gasteiger partial charge in [-0.1, -0.05) is 60.3 Å². The van der Waals surface area contributed by atoms with Crippen LogP contribution in [0.2, 0.25) is 0 Å². The third kappa shape index (κ3) is 3.48. The van der Waals surface area contributed by atoms with Gasteiger partial charge >= 0.3 is 0 Å². The van der Waals surface area contributed by atoms with Crippen molar-refractivity contribution in [1.82, 2.24) is 19.5 Å². The Morgan fingerprint density at radius 3 is 2.79 bits per heavy atom. The van der Waals surface area contributed by atoms with Gasteiger partial charge in [0.25, 0.3) is 5.56 Å². The van der Waals surface area contributed by atoms with Crippen LogP contribution in [0.4, 0.5) is 0 Å². The third-order valence-electron chi connectivity index (χ3n) is 6.25. The quantitative estimate of drug-likeness (QED) is 0.227. The molecular formula is C25H21N5O2S2. The summed E-state index contributed by atoms with van der Waals surface area (Å²) in [5, 5.41) is 3.95. The summed E-state index contributed by atoms with van der Waals surface area (Å²) in [4.78, 5) is 36.7. The molecule has 0 atom stereocenters. The van der Waals surface area contributed by atoms with Crippen LogP contribution >= 0.6 is 23.1 Å². The van der Waals surface area contributed by atoms with Crippen LogP contribution < -0.4 is 11.4 Å². The molecule has 0 unspecified atom stereocenters. The van der Waals surface area contributed by atoms with Gasteiger partial charge in [0, 0.05) is 52.6 Å². The predicted molar refractivity (Wildman–Crippen MR) is 138 cm³/mol. The number of para-hydroxylation sites is 1. The van der Waals surface area contributed by atoms with Crippen molar-refractivity contribution in [3.05, 3.63) is 81.6 Å². The highest BCUT2D eigenvalue weighted by Crippen LogP contribution is 2.32. The van der Waals surface area contributed by atoms with Crippen LogP contribution in [0.1, 0.15) is 11.3 Å². The molecule has 0 saturated carbocycles. The molecule has 1 aliphatic rings. The highest BCUT2D eigenvalue weighted by atomic mass is 32.2. The molecule has 9 heteroatoms. The molecule has 170 valence electrons. The summed E-state index contributed by atoms with van der Waals surface area (Å²) in [5.41, 5.74) is 4.96. The van der Waals surface area contributed by atoms with Crippen molar-refractivity contribution >= 4 is 50.1 Å². The molecule has 34 heavy (non-hydrogen) atoms. The minimum atomic E-state index is -0.304. The number of thiophene rings is 1. The molecule has 1 amide bonds. The van der Waals surface area contributed by atoms with Crippen molar-refractivity contribution in [2.24, 2.45) is 0 Å². The number of H-pyrrole nitrogens is 1. The van der Waals surface area contributed by atoms with E-state index >= 15 is 0 Å². The number of nitrogens with one attached hydrogen (secondary N) is 1. The number of hydrogen-bond acceptors (Lipinski definition) is 6. The van der Waals surface area contributed by atoms with Crippen molar-refractivity contribution in [2.45, 2.75) is 18.1 Å². The Balaban J connectivity index is 1.23. The number of aromatic amines is 1. The number of rotatable bonds is 4. The Hall–Kier alpha value is -3.56. The van der Waals surface area contributed by atoms with Gasteiger partial charge in [0.15, 0.2) is 5.16 Å². The van der Waals surface area contributed by atoms with E-state index < -0.39 is 0 Å². The molecule has 6 rings (SSSR count). The second-order valence-corrected chi connectivity index (χ2v) is 10.0. The summed E-state index contributed by atoms with van der Waals surface area (Å²) in [6.45, 7) is 1.23. The van der Waals surface area contributed by atoms with E-state index in [1.54, 1.807) is 0 Å². The summed E-state index contributed by atoms with van der Waals surface area (Å²) < 4.78 is 1.06. The molecule has 0 radical (unpaired) electrons. The Kier molecular flexibility index (Phi) is 5.15. The number of benzene rings is 2. The van der Waals surface area contributed by atoms with Crippen LogP contribution in [-0.4, -0.2) is 37.7 Å². The molecule has 0 fully saturated rings. The number of carbonyl (C=O) groups is 1. The zero-order valence-electron chi connectivity index (χ0n) is 18.2. The predicted octanol–water partition coefficient (Wildman–Crippen LogP) is 4.00. The molecule has 0 aliphatic carbocycles. The van der Waals surface area contributed by atoms with Crippen molar-refractivity contribution in [3.63, 3.8) is 0 Å². The number of hydrogen-bond donors (Lipinski definition) is 2. The van der Waals surface area contributed by atoms with Crippen molar-refractivity contribution < 1.29 is 4.79 Å². The van der Waals surface area contributed by atoms with E-state index in [1.807, 2.05) is 52.7 Å². The maximum atomic E-state index is 13.1. The van der Waals surface area contributed by atoms with E-state index in [0.29, 0.717) is 28.5 Å². The number of amides is 1. The molecule has 4 heterocycles. The maximum absolute atomic E-state index is 13.1. The molecule has 3 N–H and O–H groups in total. The number of nitrogen functional groups attached to an aromatic ring is 1. The average Bonchev–Trinajstić information content (AvgIpc) is 3.47. The topological polar surface area (TPSA) is 97.0 Å². The molecule has 1 aliphatic heterocycles. The number of fused-ring (bicyclic) bond motifs is 4. The van der Waals surface area contributed by atoms with Crippen LogP contribution in [0.25, 0.3) is 32.2 Å². The second-order valence-electron chi connectivity index (χ2n) is 8.25. The minimum Gasteiger partial charge on any atom is -0.358 e. The standard InChI is InChI=1S/C25H21N5O2S2/c26-30-24(32)22-18(15-6-2-1-3-7-15)13-33-23(22)28-25(30)34-14-21(31)29-11-10-20-17(12-29)16-8-4-5-9-19(16)27-20/h1-9,13,27H,10-12,14,26H2. The second kappa shape index (κ2) is 8.34. The first-order chi connectivity index (χ1) is 16.6. The largest absolute Gasteiger partial charge is 0.358 e. The van der Waals surface area contributed by atoms with Crippen LogP contribution in [0.5, 0.6) is 0 Å². The Morgan fingerprint density at radius 1 is 1.15 bits per heavy atom. The molecule has 0 saturated heterocycles. The van der Waals surface area contributed by atoms with Crippen LogP contribution in [0.3, 0.4) is 0 Å². The highest BCUT2D eigenvalue weighted by molar-refractivity contribution is 7.99. The van der Waals surface area contributed by atoms with E-state index in [4.69, 9.17) is 5.84 Å². The number of thioether (sulfide) groups is 1. The lowest BCUT2D eigenvalue weighted by Crippen LogP contribution is -2.37. The van der Waals surface area contributed by atoms with Gasteiger partial charge < -0.3 is 15.7 Å². The third-order valence-corrected chi connectivity index (χ3v) is 8.06. The monoisotopic (exact) mass is 487 g/mol. The molecule has 5 aromatic rings. The fourth-order valence-electron chi connectivity index (χ4n) is 4.51. The van der Waals surface area contributed by atoms with Crippen LogP contribution in [0, 0.1) is 0 Å². The average molecular weight is 488 g/mol. The zero-order chi connectivity index (χ0) is 23.2. The number of carbonyl (C=O) groups excluding carboxylic acids is 1. The molecule has 0 bridgehead atoms. The first-order valence-corrected chi connectivity index (χ1v) is 12.8. The first kappa shape index (κ1) is 21.0. The number of aromatic nitrogens is 3. The van der Waals surface area contributed by atoms with Crippen molar-refractivity contribution in [3.8, 4) is 11.1 Å². The van der Waals surface area contributed by atoms with Gasteiger partial charge in [-0.05, 0) is 11.6 Å². The Bertz CT molecular complexity index is 1600. The minimum absolute atomic E-state index is 0.00595.